The summed E-state index contributed by atoms with van der Waals surface area (Å²) in [5.74, 6) is 0.489. The first-order valence-corrected chi connectivity index (χ1v) is 10.4. The van der Waals surface area contributed by atoms with Gasteiger partial charge in [-0.2, -0.15) is 13.2 Å². The van der Waals surface area contributed by atoms with Crippen molar-refractivity contribution < 1.29 is 22.7 Å². The van der Waals surface area contributed by atoms with Crippen LogP contribution in [-0.2, 0) is 11.0 Å². The van der Waals surface area contributed by atoms with E-state index in [1.807, 2.05) is 36.1 Å². The Hall–Kier alpha value is -2.29. The molecule has 0 radical (unpaired) electrons. The maximum Gasteiger partial charge on any atom is 0.417 e. The van der Waals surface area contributed by atoms with E-state index >= 15 is 0 Å². The van der Waals surface area contributed by atoms with Gasteiger partial charge < -0.3 is 10.1 Å². The molecule has 0 bridgehead atoms. The second-order valence-corrected chi connectivity index (χ2v) is 7.93. The van der Waals surface area contributed by atoms with Gasteiger partial charge >= 0.3 is 6.18 Å². The lowest BCUT2D eigenvalue weighted by Gasteiger charge is -2.34. The smallest absolute Gasteiger partial charge is 0.417 e. The van der Waals surface area contributed by atoms with Crippen LogP contribution in [0.4, 0.5) is 18.9 Å². The molecule has 9 heteroatoms. The monoisotopic (exact) mass is 455 g/mol. The molecule has 1 amide bonds. The predicted octanol–water partition coefficient (Wildman–Crippen LogP) is 4.30. The highest BCUT2D eigenvalue weighted by Gasteiger charge is 2.33. The number of carbonyl (C=O) groups excluding carboxylic acids is 1. The molecule has 0 saturated carbocycles. The molecule has 1 aliphatic rings. The van der Waals surface area contributed by atoms with E-state index in [2.05, 4.69) is 10.2 Å². The van der Waals surface area contributed by atoms with Crippen molar-refractivity contribution in [1.29, 1.82) is 0 Å². The normalized spacial score (nSPS) is 15.6. The Labute approximate surface area is 184 Å². The third-order valence-electron chi connectivity index (χ3n) is 5.08. The van der Waals surface area contributed by atoms with E-state index in [9.17, 15) is 18.0 Å². The number of amides is 1. The highest BCUT2D eigenvalue weighted by Crippen LogP contribution is 2.36. The summed E-state index contributed by atoms with van der Waals surface area (Å²) in [5, 5.41) is 2.13. The second-order valence-electron chi connectivity index (χ2n) is 7.52. The van der Waals surface area contributed by atoms with Gasteiger partial charge in [0.2, 0.25) is 5.91 Å². The molecule has 31 heavy (non-hydrogen) atoms. The van der Waals surface area contributed by atoms with Crippen LogP contribution in [-0.4, -0.2) is 61.6 Å². The summed E-state index contributed by atoms with van der Waals surface area (Å²) >= 11 is 5.61. The number of hydrogen-bond acceptors (Lipinski definition) is 4. The predicted molar refractivity (Wildman–Crippen MR) is 115 cm³/mol. The third kappa shape index (κ3) is 7.12. The minimum absolute atomic E-state index is 0.0774. The summed E-state index contributed by atoms with van der Waals surface area (Å²) in [6.45, 7) is 6.52. The van der Waals surface area contributed by atoms with Crippen molar-refractivity contribution in [2.45, 2.75) is 13.1 Å². The number of halogens is 4. The molecular weight excluding hydrogens is 431 g/mol. The number of piperazine rings is 1. The Bertz CT molecular complexity index is 883. The van der Waals surface area contributed by atoms with Gasteiger partial charge in [0, 0.05) is 38.4 Å². The molecule has 0 unspecified atom stereocenters. The van der Waals surface area contributed by atoms with E-state index in [-0.39, 0.29) is 18.1 Å². The maximum atomic E-state index is 13.0. The summed E-state index contributed by atoms with van der Waals surface area (Å²) in [4.78, 5) is 16.5. The van der Waals surface area contributed by atoms with Crippen molar-refractivity contribution in [1.82, 2.24) is 9.80 Å². The number of alkyl halides is 3. The van der Waals surface area contributed by atoms with Gasteiger partial charge in [0.1, 0.15) is 12.4 Å². The molecule has 5 nitrogen and oxygen atoms in total. The van der Waals surface area contributed by atoms with Crippen LogP contribution < -0.4 is 10.1 Å². The van der Waals surface area contributed by atoms with E-state index in [0.717, 1.165) is 37.5 Å². The van der Waals surface area contributed by atoms with Gasteiger partial charge in [-0.25, -0.2) is 0 Å². The third-order valence-corrected chi connectivity index (χ3v) is 5.41. The zero-order valence-corrected chi connectivity index (χ0v) is 18.0. The molecule has 1 N–H and O–H groups in total. The first-order chi connectivity index (χ1) is 14.7. The number of carbonyl (C=O) groups is 1. The topological polar surface area (TPSA) is 44.8 Å². The average Bonchev–Trinajstić information content (AvgIpc) is 2.71. The molecule has 2 aromatic carbocycles. The maximum absolute atomic E-state index is 13.0. The Morgan fingerprint density at radius 3 is 2.35 bits per heavy atom. The fourth-order valence-electron chi connectivity index (χ4n) is 3.32. The number of aryl methyl sites for hydroxylation is 1. The lowest BCUT2D eigenvalue weighted by atomic mass is 10.2. The molecule has 1 heterocycles. The molecule has 1 saturated heterocycles. The largest absolute Gasteiger partial charge is 0.492 e. The number of nitrogens with one attached hydrogen (secondary N) is 1. The van der Waals surface area contributed by atoms with Gasteiger partial charge in [-0.15, -0.1) is 0 Å². The molecule has 0 spiro atoms. The zero-order valence-electron chi connectivity index (χ0n) is 17.2. The first kappa shape index (κ1) is 23.4. The van der Waals surface area contributed by atoms with Gasteiger partial charge in [0.05, 0.1) is 17.1 Å². The minimum atomic E-state index is -4.57. The van der Waals surface area contributed by atoms with Gasteiger partial charge in [0.25, 0.3) is 0 Å². The van der Waals surface area contributed by atoms with Crippen LogP contribution in [0.2, 0.25) is 5.02 Å². The summed E-state index contributed by atoms with van der Waals surface area (Å²) in [5.41, 5.74) is 0.298. The standard InChI is InChI=1S/C22H25ClF3N3O2/c1-16-2-5-18(6-3-16)31-13-12-28-8-10-29(11-9-28)15-21(30)27-17-4-7-20(23)19(14-17)22(24,25)26/h2-7,14H,8-13,15H2,1H3,(H,27,30). The average molecular weight is 456 g/mol. The second kappa shape index (κ2) is 10.3. The molecule has 3 rings (SSSR count). The van der Waals surface area contributed by atoms with Crippen LogP contribution in [0.1, 0.15) is 11.1 Å². The molecule has 0 atom stereocenters. The molecule has 0 aliphatic carbocycles. The SMILES string of the molecule is Cc1ccc(OCCN2CCN(CC(=O)Nc3ccc(Cl)c(C(F)(F)F)c3)CC2)cc1. The molecule has 1 fully saturated rings. The van der Waals surface area contributed by atoms with Crippen molar-refractivity contribution >= 4 is 23.2 Å². The molecule has 1 aliphatic heterocycles. The van der Waals surface area contributed by atoms with E-state index < -0.39 is 16.8 Å². The molecule has 0 aromatic heterocycles. The lowest BCUT2D eigenvalue weighted by Crippen LogP contribution is -2.49. The lowest BCUT2D eigenvalue weighted by molar-refractivity contribution is -0.137. The van der Waals surface area contributed by atoms with Crippen LogP contribution >= 0.6 is 11.6 Å². The van der Waals surface area contributed by atoms with E-state index in [4.69, 9.17) is 16.3 Å². The Balaban J connectivity index is 1.39. The highest BCUT2D eigenvalue weighted by molar-refractivity contribution is 6.31. The van der Waals surface area contributed by atoms with Gasteiger partial charge in [-0.1, -0.05) is 29.3 Å². The zero-order chi connectivity index (χ0) is 22.4. The van der Waals surface area contributed by atoms with Crippen molar-refractivity contribution in [2.75, 3.05) is 51.2 Å². The van der Waals surface area contributed by atoms with Gasteiger partial charge in [-0.05, 0) is 37.3 Å². The van der Waals surface area contributed by atoms with Crippen LogP contribution in [0.15, 0.2) is 42.5 Å². The molecule has 168 valence electrons. The highest BCUT2D eigenvalue weighted by atomic mass is 35.5. The van der Waals surface area contributed by atoms with Crippen molar-refractivity contribution in [3.8, 4) is 5.75 Å². The van der Waals surface area contributed by atoms with Crippen LogP contribution in [0.5, 0.6) is 5.75 Å². The van der Waals surface area contributed by atoms with Crippen molar-refractivity contribution in [3.05, 3.63) is 58.6 Å². The number of nitrogens with zero attached hydrogens (tertiary/aromatic N) is 2. The first-order valence-electron chi connectivity index (χ1n) is 10.0. The van der Waals surface area contributed by atoms with Crippen molar-refractivity contribution in [2.24, 2.45) is 0 Å². The number of anilines is 1. The summed E-state index contributed by atoms with van der Waals surface area (Å²) in [6, 6.07) is 11.3. The summed E-state index contributed by atoms with van der Waals surface area (Å²) in [7, 11) is 0. The van der Waals surface area contributed by atoms with Crippen LogP contribution in [0, 0.1) is 6.92 Å². The Kier molecular flexibility index (Phi) is 7.80. The number of ether oxygens (including phenoxy) is 1. The van der Waals surface area contributed by atoms with Crippen LogP contribution in [0.25, 0.3) is 0 Å². The fraction of sp³-hybridized carbons (Fsp3) is 0.409. The van der Waals surface area contributed by atoms with Crippen molar-refractivity contribution in [3.63, 3.8) is 0 Å². The minimum Gasteiger partial charge on any atom is -0.492 e. The van der Waals surface area contributed by atoms with E-state index in [0.29, 0.717) is 19.7 Å². The van der Waals surface area contributed by atoms with Gasteiger partial charge in [0.15, 0.2) is 0 Å². The van der Waals surface area contributed by atoms with Crippen LogP contribution in [0.3, 0.4) is 0 Å². The Morgan fingerprint density at radius 2 is 1.71 bits per heavy atom. The quantitative estimate of drug-likeness (QED) is 0.676. The molecular formula is C22H25ClF3N3O2. The number of hydrogen-bond donors (Lipinski definition) is 1. The summed E-state index contributed by atoms with van der Waals surface area (Å²) < 4.78 is 44.6. The van der Waals surface area contributed by atoms with E-state index in [1.54, 1.807) is 0 Å². The Morgan fingerprint density at radius 1 is 1.06 bits per heavy atom. The molecule has 2 aromatic rings. The number of benzene rings is 2. The van der Waals surface area contributed by atoms with E-state index in [1.165, 1.54) is 11.6 Å². The van der Waals surface area contributed by atoms with Gasteiger partial charge in [-0.3, -0.25) is 14.6 Å². The summed E-state index contributed by atoms with van der Waals surface area (Å²) in [6.07, 6.45) is -4.57. The fourth-order valence-corrected chi connectivity index (χ4v) is 3.55. The number of rotatable bonds is 7.